The number of anilines is 2. The first-order valence-corrected chi connectivity index (χ1v) is 8.22. The van der Waals surface area contributed by atoms with E-state index in [1.54, 1.807) is 4.90 Å². The minimum absolute atomic E-state index is 0.000676. The number of amides is 2. The van der Waals surface area contributed by atoms with E-state index >= 15 is 0 Å². The van der Waals surface area contributed by atoms with Crippen molar-refractivity contribution in [3.63, 3.8) is 0 Å². The molecule has 2 aromatic rings. The number of carbonyl (C=O) groups excluding carboxylic acids is 2. The van der Waals surface area contributed by atoms with Crippen LogP contribution in [0.5, 0.6) is 0 Å². The van der Waals surface area contributed by atoms with Gasteiger partial charge in [0.2, 0.25) is 11.8 Å². The fourth-order valence-electron chi connectivity index (χ4n) is 2.37. The third-order valence-electron chi connectivity index (χ3n) is 3.50. The summed E-state index contributed by atoms with van der Waals surface area (Å²) in [6.07, 6.45) is 0. The molecule has 0 spiro atoms. The highest BCUT2D eigenvalue weighted by Crippen LogP contribution is 2.26. The van der Waals surface area contributed by atoms with Crippen molar-refractivity contribution in [1.82, 2.24) is 0 Å². The summed E-state index contributed by atoms with van der Waals surface area (Å²) in [5.41, 5.74) is 1.52. The highest BCUT2D eigenvalue weighted by molar-refractivity contribution is 9.10. The molecule has 0 aliphatic carbocycles. The van der Waals surface area contributed by atoms with Crippen molar-refractivity contribution >= 4 is 39.1 Å². The van der Waals surface area contributed by atoms with Crippen LogP contribution in [0.1, 0.15) is 13.8 Å². The van der Waals surface area contributed by atoms with Crippen LogP contribution in [0, 0.1) is 0 Å². The molecule has 0 aliphatic heterocycles. The standard InChI is InChI=1S/C18H19BrN2O2/c1-3-20(15-9-5-4-6-10-15)18(23)13-21(14(2)22)17-12-8-7-11-16(17)19/h4-12H,3,13H2,1-2H3. The molecule has 0 fully saturated rings. The van der Waals surface area contributed by atoms with Crippen molar-refractivity contribution < 1.29 is 9.59 Å². The fourth-order valence-corrected chi connectivity index (χ4v) is 2.87. The molecular formula is C18H19BrN2O2. The third kappa shape index (κ3) is 4.20. The maximum absolute atomic E-state index is 12.7. The molecule has 0 N–H and O–H groups in total. The number of rotatable bonds is 5. The Bertz CT molecular complexity index is 688. The quantitative estimate of drug-likeness (QED) is 0.797. The number of halogens is 1. The Labute approximate surface area is 144 Å². The molecule has 5 heteroatoms. The normalized spacial score (nSPS) is 10.2. The Morgan fingerprint density at radius 1 is 0.957 bits per heavy atom. The molecule has 0 aromatic heterocycles. The topological polar surface area (TPSA) is 40.6 Å². The van der Waals surface area contributed by atoms with Gasteiger partial charge in [0.05, 0.1) is 5.69 Å². The van der Waals surface area contributed by atoms with Crippen LogP contribution in [0.25, 0.3) is 0 Å². The molecule has 2 aromatic carbocycles. The minimum atomic E-state index is -0.172. The molecular weight excluding hydrogens is 356 g/mol. The predicted molar refractivity (Wildman–Crippen MR) is 96.6 cm³/mol. The molecule has 0 saturated carbocycles. The van der Waals surface area contributed by atoms with E-state index in [0.717, 1.165) is 10.2 Å². The number of likely N-dealkylation sites (N-methyl/N-ethyl adjacent to an activating group) is 1. The Morgan fingerprint density at radius 3 is 2.13 bits per heavy atom. The van der Waals surface area contributed by atoms with E-state index in [-0.39, 0.29) is 18.4 Å². The van der Waals surface area contributed by atoms with E-state index in [4.69, 9.17) is 0 Å². The summed E-state index contributed by atoms with van der Waals surface area (Å²) in [5.74, 6) is -0.293. The zero-order valence-electron chi connectivity index (χ0n) is 13.2. The van der Waals surface area contributed by atoms with Crippen LogP contribution in [0.15, 0.2) is 59.1 Å². The zero-order chi connectivity index (χ0) is 16.8. The van der Waals surface area contributed by atoms with Crippen LogP contribution in [-0.2, 0) is 9.59 Å². The van der Waals surface area contributed by atoms with E-state index in [1.807, 2.05) is 61.5 Å². The number of benzene rings is 2. The number of hydrogen-bond donors (Lipinski definition) is 0. The van der Waals surface area contributed by atoms with Gasteiger partial charge < -0.3 is 9.80 Å². The molecule has 0 unspecified atom stereocenters. The second kappa shape index (κ2) is 7.92. The summed E-state index contributed by atoms with van der Waals surface area (Å²) in [4.78, 5) is 27.9. The lowest BCUT2D eigenvalue weighted by atomic mass is 10.2. The van der Waals surface area contributed by atoms with Gasteiger partial charge in [-0.05, 0) is 47.1 Å². The lowest BCUT2D eigenvalue weighted by molar-refractivity contribution is -0.121. The predicted octanol–water partition coefficient (Wildman–Crippen LogP) is 3.86. The molecule has 0 atom stereocenters. The van der Waals surface area contributed by atoms with Gasteiger partial charge in [0, 0.05) is 23.6 Å². The second-order valence-electron chi connectivity index (χ2n) is 5.03. The summed E-state index contributed by atoms with van der Waals surface area (Å²) in [5, 5.41) is 0. The van der Waals surface area contributed by atoms with E-state index in [1.165, 1.54) is 11.8 Å². The van der Waals surface area contributed by atoms with Crippen LogP contribution in [0.4, 0.5) is 11.4 Å². The van der Waals surface area contributed by atoms with Gasteiger partial charge in [-0.15, -0.1) is 0 Å². The van der Waals surface area contributed by atoms with Crippen molar-refractivity contribution in [3.05, 3.63) is 59.1 Å². The number of para-hydroxylation sites is 2. The van der Waals surface area contributed by atoms with E-state index in [2.05, 4.69) is 15.9 Å². The molecule has 4 nitrogen and oxygen atoms in total. The Kier molecular flexibility index (Phi) is 5.93. The first kappa shape index (κ1) is 17.2. The first-order valence-electron chi connectivity index (χ1n) is 7.42. The molecule has 120 valence electrons. The summed E-state index contributed by atoms with van der Waals surface area (Å²) in [6.45, 7) is 3.93. The molecule has 0 saturated heterocycles. The van der Waals surface area contributed by atoms with Crippen LogP contribution in [0.3, 0.4) is 0 Å². The fraction of sp³-hybridized carbons (Fsp3) is 0.222. The Balaban J connectivity index is 2.25. The van der Waals surface area contributed by atoms with E-state index < -0.39 is 0 Å². The van der Waals surface area contributed by atoms with Crippen molar-refractivity contribution in [2.75, 3.05) is 22.9 Å². The molecule has 0 aliphatic rings. The maximum atomic E-state index is 12.7. The minimum Gasteiger partial charge on any atom is -0.311 e. The summed E-state index contributed by atoms with van der Waals surface area (Å²) < 4.78 is 0.783. The summed E-state index contributed by atoms with van der Waals surface area (Å²) in [7, 11) is 0. The van der Waals surface area contributed by atoms with E-state index in [9.17, 15) is 9.59 Å². The third-order valence-corrected chi connectivity index (χ3v) is 4.17. The monoisotopic (exact) mass is 374 g/mol. The van der Waals surface area contributed by atoms with Crippen molar-refractivity contribution in [2.45, 2.75) is 13.8 Å². The smallest absolute Gasteiger partial charge is 0.247 e. The van der Waals surface area contributed by atoms with Crippen LogP contribution in [-0.4, -0.2) is 24.9 Å². The van der Waals surface area contributed by atoms with Gasteiger partial charge in [-0.2, -0.15) is 0 Å². The Morgan fingerprint density at radius 2 is 1.57 bits per heavy atom. The highest BCUT2D eigenvalue weighted by atomic mass is 79.9. The maximum Gasteiger partial charge on any atom is 0.247 e. The van der Waals surface area contributed by atoms with Gasteiger partial charge in [-0.1, -0.05) is 30.3 Å². The van der Waals surface area contributed by atoms with Gasteiger partial charge in [0.25, 0.3) is 0 Å². The van der Waals surface area contributed by atoms with Crippen molar-refractivity contribution in [3.8, 4) is 0 Å². The molecule has 23 heavy (non-hydrogen) atoms. The number of carbonyl (C=O) groups is 2. The lowest BCUT2D eigenvalue weighted by Crippen LogP contribution is -2.42. The number of hydrogen-bond acceptors (Lipinski definition) is 2. The van der Waals surface area contributed by atoms with Gasteiger partial charge in [0.1, 0.15) is 6.54 Å². The molecule has 0 bridgehead atoms. The van der Waals surface area contributed by atoms with Gasteiger partial charge in [-0.25, -0.2) is 0 Å². The van der Waals surface area contributed by atoms with E-state index in [0.29, 0.717) is 12.2 Å². The van der Waals surface area contributed by atoms with Gasteiger partial charge in [-0.3, -0.25) is 9.59 Å². The van der Waals surface area contributed by atoms with Gasteiger partial charge >= 0.3 is 0 Å². The molecule has 0 radical (unpaired) electrons. The molecule has 2 rings (SSSR count). The summed E-state index contributed by atoms with van der Waals surface area (Å²) in [6, 6.07) is 16.8. The second-order valence-corrected chi connectivity index (χ2v) is 5.88. The van der Waals surface area contributed by atoms with Crippen molar-refractivity contribution in [2.24, 2.45) is 0 Å². The average molecular weight is 375 g/mol. The van der Waals surface area contributed by atoms with Crippen LogP contribution in [0.2, 0.25) is 0 Å². The molecule has 2 amide bonds. The van der Waals surface area contributed by atoms with Crippen LogP contribution < -0.4 is 9.80 Å². The van der Waals surface area contributed by atoms with Crippen molar-refractivity contribution in [1.29, 1.82) is 0 Å². The zero-order valence-corrected chi connectivity index (χ0v) is 14.8. The number of nitrogens with zero attached hydrogens (tertiary/aromatic N) is 2. The van der Waals surface area contributed by atoms with Gasteiger partial charge in [0.15, 0.2) is 0 Å². The largest absolute Gasteiger partial charge is 0.311 e. The first-order chi connectivity index (χ1) is 11.0. The summed E-state index contributed by atoms with van der Waals surface area (Å²) >= 11 is 3.44. The highest BCUT2D eigenvalue weighted by Gasteiger charge is 2.21. The van der Waals surface area contributed by atoms with Crippen LogP contribution >= 0.6 is 15.9 Å². The Hall–Kier alpha value is -2.14. The molecule has 0 heterocycles. The SMILES string of the molecule is CCN(C(=O)CN(C(C)=O)c1ccccc1Br)c1ccccc1. The lowest BCUT2D eigenvalue weighted by Gasteiger charge is -2.27. The average Bonchev–Trinajstić information content (AvgIpc) is 2.55.